The highest BCUT2D eigenvalue weighted by Crippen LogP contribution is 2.29. The molecule has 0 radical (unpaired) electrons. The van der Waals surface area contributed by atoms with Gasteiger partial charge in [0.2, 0.25) is 0 Å². The van der Waals surface area contributed by atoms with Gasteiger partial charge >= 0.3 is 0 Å². The van der Waals surface area contributed by atoms with Crippen molar-refractivity contribution in [3.05, 3.63) is 76.5 Å². The van der Waals surface area contributed by atoms with Crippen LogP contribution in [0.2, 0.25) is 0 Å². The first-order valence-corrected chi connectivity index (χ1v) is 9.76. The Morgan fingerprint density at radius 1 is 1.25 bits per heavy atom. The van der Waals surface area contributed by atoms with Gasteiger partial charge in [0.05, 0.1) is 5.56 Å². The smallest absolute Gasteiger partial charge is 0.258 e. The van der Waals surface area contributed by atoms with E-state index in [1.807, 2.05) is 36.2 Å². The molecular weight excluding hydrogens is 377 g/mol. The minimum absolute atomic E-state index is 0.159. The van der Waals surface area contributed by atoms with Gasteiger partial charge in [0.25, 0.3) is 5.56 Å². The molecule has 0 amide bonds. The molecule has 0 bridgehead atoms. The maximum absolute atomic E-state index is 13.5. The fourth-order valence-corrected chi connectivity index (χ4v) is 4.07. The van der Waals surface area contributed by atoms with Crippen LogP contribution in [0, 0.1) is 11.3 Å². The number of rotatable bonds is 5. The van der Waals surface area contributed by atoms with E-state index in [-0.39, 0.29) is 16.8 Å². The molecule has 28 heavy (non-hydrogen) atoms. The van der Waals surface area contributed by atoms with Crippen molar-refractivity contribution in [3.8, 4) is 0 Å². The molecule has 0 saturated carbocycles. The van der Waals surface area contributed by atoms with Crippen LogP contribution in [0.4, 0.5) is 15.8 Å². The zero-order chi connectivity index (χ0) is 19.5. The summed E-state index contributed by atoms with van der Waals surface area (Å²) in [7, 11) is 0. The first-order valence-electron chi connectivity index (χ1n) is 8.82. The zero-order valence-electron chi connectivity index (χ0n) is 14.9. The quantitative estimate of drug-likeness (QED) is 0.421. The van der Waals surface area contributed by atoms with Crippen LogP contribution in [0.1, 0.15) is 12.0 Å². The molecular formula is C20H18FN5OS. The topological polar surface area (TPSA) is 84.3 Å². The van der Waals surface area contributed by atoms with E-state index in [2.05, 4.69) is 19.7 Å². The average Bonchev–Trinajstić information content (AvgIpc) is 3.24. The molecule has 0 atom stereocenters. The van der Waals surface area contributed by atoms with Gasteiger partial charge < -0.3 is 14.6 Å². The first kappa shape index (κ1) is 18.2. The fraction of sp³-hybridized carbons (Fsp3) is 0.150. The normalized spacial score (nSPS) is 14.5. The number of anilines is 2. The second kappa shape index (κ2) is 7.85. The molecule has 4 rings (SSSR count). The molecule has 3 aromatic rings. The lowest BCUT2D eigenvalue weighted by molar-refractivity contribution is 0.629. The van der Waals surface area contributed by atoms with Gasteiger partial charge in [-0.15, -0.1) is 0 Å². The van der Waals surface area contributed by atoms with Crippen molar-refractivity contribution in [1.29, 1.82) is 5.53 Å². The SMILES string of the molecule is N=N/C(=C\Nc1ccc(N2CCCS2)cc1)c1cc2cc(F)ccc2[nH]c1=O. The van der Waals surface area contributed by atoms with Gasteiger partial charge in [0, 0.05) is 40.8 Å². The molecule has 0 spiro atoms. The number of hydrogen-bond donors (Lipinski definition) is 3. The van der Waals surface area contributed by atoms with E-state index in [1.165, 1.54) is 36.9 Å². The monoisotopic (exact) mass is 395 g/mol. The van der Waals surface area contributed by atoms with E-state index in [0.29, 0.717) is 10.9 Å². The number of benzene rings is 2. The molecule has 6 nitrogen and oxygen atoms in total. The number of pyridine rings is 1. The summed E-state index contributed by atoms with van der Waals surface area (Å²) < 4.78 is 15.7. The average molecular weight is 395 g/mol. The number of H-pyrrole nitrogens is 1. The minimum atomic E-state index is -0.395. The van der Waals surface area contributed by atoms with Crippen LogP contribution >= 0.6 is 11.9 Å². The number of nitrogens with zero attached hydrogens (tertiary/aromatic N) is 2. The van der Waals surface area contributed by atoms with Crippen molar-refractivity contribution in [1.82, 2.24) is 4.98 Å². The third-order valence-electron chi connectivity index (χ3n) is 4.49. The van der Waals surface area contributed by atoms with Crippen LogP contribution in [0.15, 0.2) is 64.6 Å². The number of aromatic amines is 1. The van der Waals surface area contributed by atoms with Gasteiger partial charge in [0.15, 0.2) is 0 Å². The maximum Gasteiger partial charge on any atom is 0.258 e. The molecule has 2 heterocycles. The summed E-state index contributed by atoms with van der Waals surface area (Å²) in [5, 5.41) is 7.08. The molecule has 1 aliphatic rings. The second-order valence-electron chi connectivity index (χ2n) is 6.37. The number of hydrogen-bond acceptors (Lipinski definition) is 6. The standard InChI is InChI=1S/C20H18FN5OS/c21-14-2-7-18-13(10-14)11-17(20(27)24-18)19(25-22)12-23-15-3-5-16(6-4-15)26-8-1-9-28-26/h2-7,10-12,22-23H,1,8-9H2,(H,24,27)/b19-12-,25-22?. The van der Waals surface area contributed by atoms with Gasteiger partial charge in [-0.05, 0) is 66.9 Å². The van der Waals surface area contributed by atoms with E-state index < -0.39 is 5.82 Å². The van der Waals surface area contributed by atoms with Crippen LogP contribution in [-0.4, -0.2) is 17.3 Å². The Balaban J connectivity index is 1.59. The summed E-state index contributed by atoms with van der Waals surface area (Å²) in [6, 6.07) is 13.6. The third kappa shape index (κ3) is 3.77. The van der Waals surface area contributed by atoms with Crippen LogP contribution in [0.5, 0.6) is 0 Å². The first-order chi connectivity index (χ1) is 13.6. The lowest BCUT2D eigenvalue weighted by atomic mass is 10.1. The molecule has 0 unspecified atom stereocenters. The van der Waals surface area contributed by atoms with E-state index in [1.54, 1.807) is 0 Å². The fourth-order valence-electron chi connectivity index (χ4n) is 3.06. The highest BCUT2D eigenvalue weighted by molar-refractivity contribution is 8.00. The maximum atomic E-state index is 13.5. The molecule has 1 aromatic heterocycles. The Kier molecular flexibility index (Phi) is 5.12. The summed E-state index contributed by atoms with van der Waals surface area (Å²) in [6.45, 7) is 1.05. The summed E-state index contributed by atoms with van der Waals surface area (Å²) in [5.41, 5.74) is 9.91. The predicted molar refractivity (Wildman–Crippen MR) is 112 cm³/mol. The summed E-state index contributed by atoms with van der Waals surface area (Å²) in [4.78, 5) is 15.0. The molecule has 2 aromatic carbocycles. The van der Waals surface area contributed by atoms with Crippen molar-refractivity contribution in [2.45, 2.75) is 6.42 Å². The van der Waals surface area contributed by atoms with Crippen LogP contribution in [0.3, 0.4) is 0 Å². The van der Waals surface area contributed by atoms with Crippen molar-refractivity contribution in [3.63, 3.8) is 0 Å². The van der Waals surface area contributed by atoms with Gasteiger partial charge in [-0.1, -0.05) is 0 Å². The Hall–Kier alpha value is -3.13. The van der Waals surface area contributed by atoms with Gasteiger partial charge in [0.1, 0.15) is 11.5 Å². The van der Waals surface area contributed by atoms with Crippen LogP contribution in [-0.2, 0) is 0 Å². The van der Waals surface area contributed by atoms with Gasteiger partial charge in [-0.3, -0.25) is 4.79 Å². The molecule has 8 heteroatoms. The molecule has 142 valence electrons. The zero-order valence-corrected chi connectivity index (χ0v) is 15.7. The Labute approximate surface area is 165 Å². The summed E-state index contributed by atoms with van der Waals surface area (Å²) >= 11 is 1.82. The van der Waals surface area contributed by atoms with Gasteiger partial charge in [-0.25, -0.2) is 9.92 Å². The molecule has 1 fully saturated rings. The van der Waals surface area contributed by atoms with Gasteiger partial charge in [-0.2, -0.15) is 5.11 Å². The lowest BCUT2D eigenvalue weighted by Gasteiger charge is -2.16. The predicted octanol–water partition coefficient (Wildman–Crippen LogP) is 4.97. The van der Waals surface area contributed by atoms with Crippen molar-refractivity contribution < 1.29 is 4.39 Å². The highest BCUT2D eigenvalue weighted by atomic mass is 32.2. The van der Waals surface area contributed by atoms with Crippen molar-refractivity contribution in [2.24, 2.45) is 5.11 Å². The highest BCUT2D eigenvalue weighted by Gasteiger charge is 2.13. The molecule has 1 aliphatic heterocycles. The van der Waals surface area contributed by atoms with Crippen LogP contribution < -0.4 is 15.2 Å². The van der Waals surface area contributed by atoms with E-state index in [4.69, 9.17) is 5.53 Å². The lowest BCUT2D eigenvalue weighted by Crippen LogP contribution is -2.11. The Morgan fingerprint density at radius 2 is 2.07 bits per heavy atom. The van der Waals surface area contributed by atoms with Crippen molar-refractivity contribution >= 4 is 39.9 Å². The van der Waals surface area contributed by atoms with Crippen molar-refractivity contribution in [2.75, 3.05) is 21.9 Å². The second-order valence-corrected chi connectivity index (χ2v) is 7.47. The number of fused-ring (bicyclic) bond motifs is 1. The number of halogens is 1. The number of nitrogens with one attached hydrogen (secondary N) is 3. The Bertz CT molecular complexity index is 1100. The Morgan fingerprint density at radius 3 is 2.79 bits per heavy atom. The minimum Gasteiger partial charge on any atom is -0.360 e. The summed E-state index contributed by atoms with van der Waals surface area (Å²) in [6.07, 6.45) is 2.69. The molecule has 1 saturated heterocycles. The molecule has 3 N–H and O–H groups in total. The largest absolute Gasteiger partial charge is 0.360 e. The van der Waals surface area contributed by atoms with E-state index >= 15 is 0 Å². The van der Waals surface area contributed by atoms with Crippen LogP contribution in [0.25, 0.3) is 16.6 Å². The number of aromatic nitrogens is 1. The van der Waals surface area contributed by atoms with E-state index in [0.717, 1.165) is 23.7 Å². The summed E-state index contributed by atoms with van der Waals surface area (Å²) in [5.74, 6) is 0.745. The molecule has 0 aliphatic carbocycles. The van der Waals surface area contributed by atoms with E-state index in [9.17, 15) is 9.18 Å². The third-order valence-corrected chi connectivity index (χ3v) is 5.66.